The van der Waals surface area contributed by atoms with Gasteiger partial charge in [0.15, 0.2) is 0 Å². The lowest BCUT2D eigenvalue weighted by Crippen LogP contribution is -2.42. The second-order valence-corrected chi connectivity index (χ2v) is 6.22. The Morgan fingerprint density at radius 3 is 3.04 bits per heavy atom. The van der Waals surface area contributed by atoms with E-state index in [1.807, 2.05) is 16.9 Å². The Morgan fingerprint density at radius 2 is 2.39 bits per heavy atom. The number of carbonyl (C=O) groups is 1. The lowest BCUT2D eigenvalue weighted by Gasteiger charge is -2.23. The number of carbonyl (C=O) groups excluding carboxylic acids is 1. The van der Waals surface area contributed by atoms with Gasteiger partial charge in [-0.3, -0.25) is 9.48 Å². The van der Waals surface area contributed by atoms with E-state index >= 15 is 0 Å². The third-order valence-electron chi connectivity index (χ3n) is 4.66. The Balaban J connectivity index is 0.00000192. The molecule has 3 rings (SSSR count). The Morgan fingerprint density at radius 1 is 1.52 bits per heavy atom. The Bertz CT molecular complexity index is 496. The molecule has 2 fully saturated rings. The maximum Gasteiger partial charge on any atom is 0.272 e. The van der Waals surface area contributed by atoms with Crippen molar-refractivity contribution in [2.24, 2.45) is 0 Å². The minimum Gasteiger partial charge on any atom is -0.376 e. The molecule has 2 N–H and O–H groups in total. The molecule has 6 nitrogen and oxygen atoms in total. The summed E-state index contributed by atoms with van der Waals surface area (Å²) in [7, 11) is 0. The quantitative estimate of drug-likeness (QED) is 0.857. The van der Waals surface area contributed by atoms with Crippen LogP contribution >= 0.6 is 12.4 Å². The fourth-order valence-corrected chi connectivity index (χ4v) is 3.34. The van der Waals surface area contributed by atoms with Crippen molar-refractivity contribution in [2.75, 3.05) is 19.7 Å². The van der Waals surface area contributed by atoms with Gasteiger partial charge >= 0.3 is 0 Å². The average Bonchev–Trinajstić information content (AvgIpc) is 3.24. The topological polar surface area (TPSA) is 68.2 Å². The van der Waals surface area contributed by atoms with Gasteiger partial charge in [0.1, 0.15) is 5.69 Å². The molecule has 2 aliphatic heterocycles. The van der Waals surface area contributed by atoms with E-state index in [4.69, 9.17) is 4.74 Å². The number of piperidine rings is 1. The first kappa shape index (κ1) is 18.2. The summed E-state index contributed by atoms with van der Waals surface area (Å²) < 4.78 is 7.62. The molecule has 2 aliphatic rings. The Hall–Kier alpha value is -1.11. The number of aromatic nitrogens is 2. The molecule has 0 bridgehead atoms. The van der Waals surface area contributed by atoms with E-state index in [9.17, 15) is 4.79 Å². The SMILES string of the molecule is CCC(NC(=O)c1ccn(C2CCCNC2)n1)C1CCCO1.Cl. The van der Waals surface area contributed by atoms with E-state index in [0.29, 0.717) is 11.7 Å². The molecule has 0 spiro atoms. The van der Waals surface area contributed by atoms with Crippen molar-refractivity contribution in [2.45, 2.75) is 57.2 Å². The van der Waals surface area contributed by atoms with Crippen LogP contribution in [-0.4, -0.2) is 47.5 Å². The van der Waals surface area contributed by atoms with Crippen LogP contribution in [0.1, 0.15) is 55.6 Å². The maximum atomic E-state index is 12.4. The monoisotopic (exact) mass is 342 g/mol. The smallest absolute Gasteiger partial charge is 0.272 e. The van der Waals surface area contributed by atoms with Crippen molar-refractivity contribution in [3.05, 3.63) is 18.0 Å². The molecule has 1 aromatic heterocycles. The van der Waals surface area contributed by atoms with Gasteiger partial charge < -0.3 is 15.4 Å². The molecule has 0 aliphatic carbocycles. The number of nitrogens with zero attached hydrogens (tertiary/aromatic N) is 2. The molecule has 3 unspecified atom stereocenters. The van der Waals surface area contributed by atoms with Crippen LogP contribution in [-0.2, 0) is 4.74 Å². The normalized spacial score (nSPS) is 25.6. The molecule has 130 valence electrons. The molecule has 0 radical (unpaired) electrons. The van der Waals surface area contributed by atoms with Crippen molar-refractivity contribution in [3.8, 4) is 0 Å². The summed E-state index contributed by atoms with van der Waals surface area (Å²) in [4.78, 5) is 12.4. The van der Waals surface area contributed by atoms with E-state index in [2.05, 4.69) is 22.7 Å². The summed E-state index contributed by atoms with van der Waals surface area (Å²) in [6, 6.07) is 2.25. The number of amides is 1. The van der Waals surface area contributed by atoms with Crippen LogP contribution in [0.4, 0.5) is 0 Å². The van der Waals surface area contributed by atoms with Crippen LogP contribution in [0.15, 0.2) is 12.3 Å². The number of halogens is 1. The van der Waals surface area contributed by atoms with Gasteiger partial charge in [-0.05, 0) is 44.7 Å². The molecule has 2 saturated heterocycles. The van der Waals surface area contributed by atoms with Crippen LogP contribution in [0.3, 0.4) is 0 Å². The predicted octanol–water partition coefficient (Wildman–Crippen LogP) is 1.92. The minimum atomic E-state index is -0.0927. The van der Waals surface area contributed by atoms with Gasteiger partial charge in [-0.2, -0.15) is 5.10 Å². The third-order valence-corrected chi connectivity index (χ3v) is 4.66. The zero-order valence-corrected chi connectivity index (χ0v) is 14.5. The van der Waals surface area contributed by atoms with Gasteiger partial charge in [0, 0.05) is 19.3 Å². The molecule has 3 heterocycles. The van der Waals surface area contributed by atoms with Crippen LogP contribution in [0.2, 0.25) is 0 Å². The fourth-order valence-electron chi connectivity index (χ4n) is 3.34. The summed E-state index contributed by atoms with van der Waals surface area (Å²) in [6.45, 7) is 4.89. The molecule has 1 amide bonds. The van der Waals surface area contributed by atoms with E-state index in [0.717, 1.165) is 51.8 Å². The summed E-state index contributed by atoms with van der Waals surface area (Å²) in [5, 5.41) is 10.9. The Labute approximate surface area is 143 Å². The van der Waals surface area contributed by atoms with Gasteiger partial charge in [-0.15, -0.1) is 12.4 Å². The van der Waals surface area contributed by atoms with Crippen LogP contribution in [0.25, 0.3) is 0 Å². The second kappa shape index (κ2) is 8.66. The summed E-state index contributed by atoms with van der Waals surface area (Å²) in [5.74, 6) is -0.0927. The van der Waals surface area contributed by atoms with Crippen LogP contribution < -0.4 is 10.6 Å². The number of rotatable bonds is 5. The summed E-state index contributed by atoms with van der Waals surface area (Å²) in [6.07, 6.45) is 7.33. The fraction of sp³-hybridized carbons (Fsp3) is 0.750. The molecule has 0 saturated carbocycles. The average molecular weight is 343 g/mol. The van der Waals surface area contributed by atoms with Gasteiger partial charge in [0.05, 0.1) is 18.2 Å². The van der Waals surface area contributed by atoms with Gasteiger partial charge in [-0.25, -0.2) is 0 Å². The van der Waals surface area contributed by atoms with Crippen LogP contribution in [0, 0.1) is 0 Å². The molecular weight excluding hydrogens is 316 g/mol. The van der Waals surface area contributed by atoms with E-state index < -0.39 is 0 Å². The second-order valence-electron chi connectivity index (χ2n) is 6.22. The van der Waals surface area contributed by atoms with Crippen molar-refractivity contribution in [1.82, 2.24) is 20.4 Å². The van der Waals surface area contributed by atoms with Gasteiger partial charge in [0.25, 0.3) is 5.91 Å². The lowest BCUT2D eigenvalue weighted by molar-refractivity contribution is 0.0662. The predicted molar refractivity (Wildman–Crippen MR) is 91.1 cm³/mol. The first-order chi connectivity index (χ1) is 10.8. The standard InChI is InChI=1S/C16H26N4O2.ClH/c1-2-13(15-6-4-10-22-15)18-16(21)14-7-9-20(19-14)12-5-3-8-17-11-12;/h7,9,12-13,15,17H,2-6,8,10-11H2,1H3,(H,18,21);1H. The highest BCUT2D eigenvalue weighted by atomic mass is 35.5. The number of hydrogen-bond donors (Lipinski definition) is 2. The number of nitrogens with one attached hydrogen (secondary N) is 2. The zero-order valence-electron chi connectivity index (χ0n) is 13.7. The molecule has 1 aromatic rings. The zero-order chi connectivity index (χ0) is 15.4. The van der Waals surface area contributed by atoms with Crippen LogP contribution in [0.5, 0.6) is 0 Å². The highest BCUT2D eigenvalue weighted by molar-refractivity contribution is 5.92. The van der Waals surface area contributed by atoms with E-state index in [1.165, 1.54) is 0 Å². The van der Waals surface area contributed by atoms with Crippen molar-refractivity contribution in [1.29, 1.82) is 0 Å². The highest BCUT2D eigenvalue weighted by Gasteiger charge is 2.27. The third kappa shape index (κ3) is 4.46. The Kier molecular flexibility index (Phi) is 6.87. The first-order valence-electron chi connectivity index (χ1n) is 8.46. The maximum absolute atomic E-state index is 12.4. The van der Waals surface area contributed by atoms with Gasteiger partial charge in [-0.1, -0.05) is 6.92 Å². The van der Waals surface area contributed by atoms with Crippen molar-refractivity contribution < 1.29 is 9.53 Å². The minimum absolute atomic E-state index is 0. The summed E-state index contributed by atoms with van der Waals surface area (Å²) in [5.41, 5.74) is 0.502. The van der Waals surface area contributed by atoms with Crippen molar-refractivity contribution >= 4 is 18.3 Å². The largest absolute Gasteiger partial charge is 0.376 e. The molecule has 23 heavy (non-hydrogen) atoms. The lowest BCUT2D eigenvalue weighted by atomic mass is 10.1. The van der Waals surface area contributed by atoms with Gasteiger partial charge in [0.2, 0.25) is 0 Å². The number of ether oxygens (including phenoxy) is 1. The highest BCUT2D eigenvalue weighted by Crippen LogP contribution is 2.19. The van der Waals surface area contributed by atoms with E-state index in [1.54, 1.807) is 0 Å². The van der Waals surface area contributed by atoms with E-state index in [-0.39, 0.29) is 30.5 Å². The molecule has 0 aromatic carbocycles. The molecule has 7 heteroatoms. The first-order valence-corrected chi connectivity index (χ1v) is 8.46. The van der Waals surface area contributed by atoms with Crippen molar-refractivity contribution in [3.63, 3.8) is 0 Å². The molecular formula is C16H27ClN4O2. The summed E-state index contributed by atoms with van der Waals surface area (Å²) >= 11 is 0. The number of hydrogen-bond acceptors (Lipinski definition) is 4. The molecule has 3 atom stereocenters.